The van der Waals surface area contributed by atoms with Crippen molar-refractivity contribution in [3.63, 3.8) is 0 Å². The molecule has 3 heterocycles. The molecule has 222 valence electrons. The van der Waals surface area contributed by atoms with Crippen molar-refractivity contribution in [2.75, 3.05) is 0 Å². The molecule has 1 aromatic heterocycles. The van der Waals surface area contributed by atoms with Crippen molar-refractivity contribution in [3.05, 3.63) is 157 Å². The van der Waals surface area contributed by atoms with Crippen LogP contribution in [-0.4, -0.2) is 9.55 Å². The van der Waals surface area contributed by atoms with E-state index in [0.29, 0.717) is 5.56 Å². The number of nitrogens with zero attached hydrogens (tertiary/aromatic N) is 3. The van der Waals surface area contributed by atoms with E-state index in [1.54, 1.807) is 0 Å². The van der Waals surface area contributed by atoms with Gasteiger partial charge in [0.15, 0.2) is 0 Å². The number of hydrogen-bond donors (Lipinski definition) is 0. The third-order valence-corrected chi connectivity index (χ3v) is 9.61. The second-order valence-corrected chi connectivity index (χ2v) is 12.2. The molecular formula is C44H25N3O. The van der Waals surface area contributed by atoms with Gasteiger partial charge in [0.25, 0.3) is 0 Å². The van der Waals surface area contributed by atoms with E-state index in [2.05, 4.69) is 120 Å². The number of hydrogen-bond acceptors (Lipinski definition) is 3. The fourth-order valence-corrected chi connectivity index (χ4v) is 7.48. The van der Waals surface area contributed by atoms with Crippen LogP contribution in [0, 0.1) is 11.3 Å². The molecule has 2 aliphatic rings. The van der Waals surface area contributed by atoms with E-state index in [9.17, 15) is 5.26 Å². The average Bonchev–Trinajstić information content (AvgIpc) is 3.70. The summed E-state index contributed by atoms with van der Waals surface area (Å²) in [5.41, 5.74) is 11.0. The maximum Gasteiger partial charge on any atom is 0.145 e. The molecular weight excluding hydrogens is 587 g/mol. The molecule has 48 heavy (non-hydrogen) atoms. The Morgan fingerprint density at radius 1 is 0.542 bits per heavy atom. The molecule has 8 aromatic rings. The minimum absolute atomic E-state index is 0.648. The number of benzene rings is 7. The van der Waals surface area contributed by atoms with Gasteiger partial charge in [0.1, 0.15) is 11.3 Å². The van der Waals surface area contributed by atoms with Crippen LogP contribution in [0.15, 0.2) is 156 Å². The predicted octanol–water partition coefficient (Wildman–Crippen LogP) is 11.5. The SMILES string of the molecule is N#Cc1ccc2c(c1)c1cc(-c3ccc(-c4oc5ccccc5c5nc6ccccc6c4-5)c4ccccc34)ccc1n2-c1ccccc1. The molecule has 0 aliphatic carbocycles. The van der Waals surface area contributed by atoms with Crippen LogP contribution >= 0.6 is 0 Å². The van der Waals surface area contributed by atoms with Crippen LogP contribution < -0.4 is 0 Å². The Labute approximate surface area is 275 Å². The summed E-state index contributed by atoms with van der Waals surface area (Å²) in [6.45, 7) is 0. The van der Waals surface area contributed by atoms with Crippen LogP contribution in [-0.2, 0) is 0 Å². The van der Waals surface area contributed by atoms with E-state index in [1.807, 2.05) is 42.5 Å². The summed E-state index contributed by atoms with van der Waals surface area (Å²) in [5.74, 6) is 0.825. The summed E-state index contributed by atoms with van der Waals surface area (Å²) < 4.78 is 9.06. The molecule has 0 N–H and O–H groups in total. The lowest BCUT2D eigenvalue weighted by Crippen LogP contribution is -1.93. The van der Waals surface area contributed by atoms with E-state index in [-0.39, 0.29) is 0 Å². The van der Waals surface area contributed by atoms with E-state index in [1.165, 1.54) is 0 Å². The van der Waals surface area contributed by atoms with Crippen LogP contribution in [0.5, 0.6) is 0 Å². The summed E-state index contributed by atoms with van der Waals surface area (Å²) in [5, 5.41) is 16.3. The third kappa shape index (κ3) is 3.79. The molecule has 4 heteroatoms. The molecule has 0 unspecified atom stereocenters. The van der Waals surface area contributed by atoms with Crippen LogP contribution in [0.4, 0.5) is 0 Å². The third-order valence-electron chi connectivity index (χ3n) is 9.61. The summed E-state index contributed by atoms with van der Waals surface area (Å²) in [6.07, 6.45) is 0. The highest BCUT2D eigenvalue weighted by Gasteiger charge is 2.24. The van der Waals surface area contributed by atoms with E-state index >= 15 is 0 Å². The Balaban J connectivity index is 1.23. The molecule has 7 aromatic carbocycles. The Kier molecular flexibility index (Phi) is 5.61. The van der Waals surface area contributed by atoms with Crippen molar-refractivity contribution in [1.82, 2.24) is 9.55 Å². The lowest BCUT2D eigenvalue weighted by Gasteiger charge is -2.15. The molecule has 0 radical (unpaired) electrons. The number of nitriles is 1. The highest BCUT2D eigenvalue weighted by Crippen LogP contribution is 2.47. The largest absolute Gasteiger partial charge is 0.455 e. The van der Waals surface area contributed by atoms with Crippen molar-refractivity contribution in [1.29, 1.82) is 5.26 Å². The van der Waals surface area contributed by atoms with Crippen LogP contribution in [0.1, 0.15) is 5.56 Å². The molecule has 0 atom stereocenters. The van der Waals surface area contributed by atoms with Gasteiger partial charge in [0, 0.05) is 32.8 Å². The number of rotatable bonds is 3. The minimum Gasteiger partial charge on any atom is -0.455 e. The van der Waals surface area contributed by atoms with Gasteiger partial charge in [-0.3, -0.25) is 0 Å². The van der Waals surface area contributed by atoms with Crippen LogP contribution in [0.25, 0.3) is 93.8 Å². The maximum absolute atomic E-state index is 9.76. The second-order valence-electron chi connectivity index (χ2n) is 12.2. The van der Waals surface area contributed by atoms with Crippen molar-refractivity contribution >= 4 is 54.5 Å². The van der Waals surface area contributed by atoms with Gasteiger partial charge in [0.05, 0.1) is 39.4 Å². The smallest absolute Gasteiger partial charge is 0.145 e. The number of fused-ring (bicyclic) bond motifs is 9. The highest BCUT2D eigenvalue weighted by molar-refractivity contribution is 6.15. The molecule has 2 aliphatic heterocycles. The van der Waals surface area contributed by atoms with Crippen LogP contribution in [0.2, 0.25) is 0 Å². The zero-order chi connectivity index (χ0) is 31.8. The first-order chi connectivity index (χ1) is 23.8. The number of aromatic nitrogens is 2. The number of para-hydroxylation sites is 3. The molecule has 0 saturated carbocycles. The normalized spacial score (nSPS) is 11.7. The van der Waals surface area contributed by atoms with E-state index in [4.69, 9.17) is 9.40 Å². The fourth-order valence-electron chi connectivity index (χ4n) is 7.48. The monoisotopic (exact) mass is 611 g/mol. The molecule has 10 rings (SSSR count). The van der Waals surface area contributed by atoms with Gasteiger partial charge < -0.3 is 8.98 Å². The first kappa shape index (κ1) is 26.5. The first-order valence-corrected chi connectivity index (χ1v) is 16.0. The van der Waals surface area contributed by atoms with Crippen molar-refractivity contribution in [3.8, 4) is 45.5 Å². The standard InChI is InChI=1S/C44H25N3O/c45-26-27-18-22-39-36(24-27)37-25-28(19-23-40(37)47(39)29-10-2-1-3-11-29)30-20-21-33(32-13-5-4-12-31(30)32)44-42-34-14-6-8-16-38(34)46-43(42)35-15-7-9-17-41(35)48-44/h1-25H. The van der Waals surface area contributed by atoms with Gasteiger partial charge in [0.2, 0.25) is 0 Å². The van der Waals surface area contributed by atoms with Crippen LogP contribution in [0.3, 0.4) is 0 Å². The highest BCUT2D eigenvalue weighted by atomic mass is 16.3. The van der Waals surface area contributed by atoms with Gasteiger partial charge in [-0.25, -0.2) is 4.98 Å². The van der Waals surface area contributed by atoms with Gasteiger partial charge in [-0.05, 0) is 88.6 Å². The average molecular weight is 612 g/mol. The summed E-state index contributed by atoms with van der Waals surface area (Å²) in [7, 11) is 0. The van der Waals surface area contributed by atoms with Gasteiger partial charge >= 0.3 is 0 Å². The second kappa shape index (κ2) is 10.2. The van der Waals surface area contributed by atoms with Crippen molar-refractivity contribution < 1.29 is 4.42 Å². The fraction of sp³-hybridized carbons (Fsp3) is 0. The molecule has 0 saturated heterocycles. The van der Waals surface area contributed by atoms with Gasteiger partial charge in [-0.2, -0.15) is 5.26 Å². The molecule has 4 nitrogen and oxygen atoms in total. The topological polar surface area (TPSA) is 54.8 Å². The summed E-state index contributed by atoms with van der Waals surface area (Å²) in [4.78, 5) is 5.08. The van der Waals surface area contributed by atoms with Gasteiger partial charge in [-0.1, -0.05) is 84.9 Å². The molecule has 0 fully saturated rings. The Morgan fingerprint density at radius 3 is 2.00 bits per heavy atom. The lowest BCUT2D eigenvalue weighted by atomic mass is 9.91. The molecule has 0 bridgehead atoms. The molecule has 0 spiro atoms. The predicted molar refractivity (Wildman–Crippen MR) is 196 cm³/mol. The zero-order valence-corrected chi connectivity index (χ0v) is 25.7. The van der Waals surface area contributed by atoms with Gasteiger partial charge in [-0.15, -0.1) is 0 Å². The Hall–Kier alpha value is -6.70. The van der Waals surface area contributed by atoms with Crippen molar-refractivity contribution in [2.24, 2.45) is 0 Å². The quantitative estimate of drug-likeness (QED) is 0.200. The van der Waals surface area contributed by atoms with E-state index < -0.39 is 0 Å². The minimum atomic E-state index is 0.648. The molecule has 0 amide bonds. The van der Waals surface area contributed by atoms with E-state index in [0.717, 1.165) is 93.8 Å². The summed E-state index contributed by atoms with van der Waals surface area (Å²) in [6, 6.07) is 54.8. The Bertz CT molecular complexity index is 2910. The maximum atomic E-state index is 9.76. The summed E-state index contributed by atoms with van der Waals surface area (Å²) >= 11 is 0. The Morgan fingerprint density at radius 2 is 1.19 bits per heavy atom. The first-order valence-electron chi connectivity index (χ1n) is 16.0. The zero-order valence-electron chi connectivity index (χ0n) is 25.7. The van der Waals surface area contributed by atoms with Crippen molar-refractivity contribution in [2.45, 2.75) is 0 Å². The lowest BCUT2D eigenvalue weighted by molar-refractivity contribution is 0.622.